The SMILES string of the molecule is N=Cc1cc(/C=C2\SC(=O)N(CCN3CCCC3)C2=O)ccc1N[C@@H]1CCc2cc(Cl)ccc21. The predicted molar refractivity (Wildman–Crippen MR) is 139 cm³/mol. The van der Waals surface area contributed by atoms with Crippen molar-refractivity contribution in [3.05, 3.63) is 68.6 Å². The number of carbonyl (C=O) groups excluding carboxylic acids is 2. The molecule has 0 bridgehead atoms. The first-order chi connectivity index (χ1) is 16.5. The van der Waals surface area contributed by atoms with Crippen LogP contribution in [0.1, 0.15) is 47.6 Å². The minimum absolute atomic E-state index is 0.170. The molecule has 34 heavy (non-hydrogen) atoms. The number of fused-ring (bicyclic) bond motifs is 1. The molecular weight excluding hydrogens is 468 g/mol. The molecule has 2 saturated heterocycles. The van der Waals surface area contributed by atoms with Crippen molar-refractivity contribution in [1.82, 2.24) is 9.80 Å². The quantitative estimate of drug-likeness (QED) is 0.388. The van der Waals surface area contributed by atoms with Gasteiger partial charge in [-0.1, -0.05) is 23.7 Å². The van der Waals surface area contributed by atoms with Crippen LogP contribution in [0.25, 0.3) is 6.08 Å². The molecule has 1 aliphatic carbocycles. The summed E-state index contributed by atoms with van der Waals surface area (Å²) >= 11 is 7.13. The zero-order valence-corrected chi connectivity index (χ0v) is 20.4. The maximum absolute atomic E-state index is 12.8. The number of thioether (sulfide) groups is 1. The number of anilines is 1. The highest BCUT2D eigenvalue weighted by Gasteiger charge is 2.35. The zero-order chi connectivity index (χ0) is 23.7. The largest absolute Gasteiger partial charge is 0.378 e. The molecule has 5 rings (SSSR count). The summed E-state index contributed by atoms with van der Waals surface area (Å²) in [7, 11) is 0. The van der Waals surface area contributed by atoms with Crippen molar-refractivity contribution in [2.24, 2.45) is 0 Å². The standard InChI is InChI=1S/C26H27ClN4O2S/c27-20-5-6-21-18(15-20)4-8-23(21)29-22-7-3-17(13-19(22)16-28)14-24-25(32)31(26(33)34-24)12-11-30-9-1-2-10-30/h3,5-7,13-16,23,28-29H,1-2,4,8-12H2/b24-14-,28-16?/t23-/m1/s1. The van der Waals surface area contributed by atoms with Gasteiger partial charge in [0.15, 0.2) is 0 Å². The number of rotatable bonds is 7. The van der Waals surface area contributed by atoms with Crippen LogP contribution >= 0.6 is 23.4 Å². The van der Waals surface area contributed by atoms with Crippen molar-refractivity contribution in [2.75, 3.05) is 31.5 Å². The van der Waals surface area contributed by atoms with E-state index in [1.165, 1.54) is 35.1 Å². The molecule has 3 aliphatic rings. The number of likely N-dealkylation sites (tertiary alicyclic amines) is 1. The van der Waals surface area contributed by atoms with Gasteiger partial charge in [-0.3, -0.25) is 14.5 Å². The number of aryl methyl sites for hydroxylation is 1. The van der Waals surface area contributed by atoms with Gasteiger partial charge in [0.1, 0.15) is 0 Å². The lowest BCUT2D eigenvalue weighted by molar-refractivity contribution is -0.122. The third-order valence-corrected chi connectivity index (χ3v) is 7.90. The molecule has 6 nitrogen and oxygen atoms in total. The molecule has 0 unspecified atom stereocenters. The normalized spacial score (nSPS) is 21.5. The van der Waals surface area contributed by atoms with E-state index in [0.29, 0.717) is 11.4 Å². The van der Waals surface area contributed by atoms with Crippen LogP contribution in [0, 0.1) is 5.41 Å². The van der Waals surface area contributed by atoms with E-state index in [-0.39, 0.29) is 17.2 Å². The number of carbonyl (C=O) groups is 2. The molecule has 2 aromatic carbocycles. The Morgan fingerprint density at radius 1 is 1.12 bits per heavy atom. The van der Waals surface area contributed by atoms with Gasteiger partial charge in [-0.25, -0.2) is 0 Å². The molecule has 0 radical (unpaired) electrons. The fourth-order valence-electron chi connectivity index (χ4n) is 4.94. The van der Waals surface area contributed by atoms with Crippen molar-refractivity contribution < 1.29 is 9.59 Å². The molecule has 8 heteroatoms. The number of hydrogen-bond donors (Lipinski definition) is 2. The number of nitrogens with zero attached hydrogens (tertiary/aromatic N) is 2. The van der Waals surface area contributed by atoms with Gasteiger partial charge in [0.25, 0.3) is 11.1 Å². The van der Waals surface area contributed by atoms with Crippen molar-refractivity contribution in [3.8, 4) is 0 Å². The monoisotopic (exact) mass is 494 g/mol. The smallest absolute Gasteiger partial charge is 0.293 e. The topological polar surface area (TPSA) is 76.5 Å². The Bertz CT molecular complexity index is 1180. The van der Waals surface area contributed by atoms with E-state index in [1.807, 2.05) is 30.3 Å². The fraction of sp³-hybridized carbons (Fsp3) is 0.346. The fourth-order valence-corrected chi connectivity index (χ4v) is 6.00. The Balaban J connectivity index is 1.29. The Hall–Kier alpha value is -2.61. The third-order valence-electron chi connectivity index (χ3n) is 6.75. The summed E-state index contributed by atoms with van der Waals surface area (Å²) in [5.74, 6) is -0.228. The van der Waals surface area contributed by atoms with Crippen LogP contribution in [0.2, 0.25) is 5.02 Å². The van der Waals surface area contributed by atoms with Crippen LogP contribution in [-0.4, -0.2) is 53.3 Å². The number of hydrogen-bond acceptors (Lipinski definition) is 6. The van der Waals surface area contributed by atoms with E-state index in [2.05, 4.69) is 16.3 Å². The van der Waals surface area contributed by atoms with E-state index in [0.717, 1.165) is 66.1 Å². The Kier molecular flexibility index (Phi) is 6.77. The van der Waals surface area contributed by atoms with Crippen LogP contribution in [0.15, 0.2) is 41.3 Å². The first-order valence-corrected chi connectivity index (χ1v) is 12.9. The minimum atomic E-state index is -0.228. The van der Waals surface area contributed by atoms with Crippen LogP contribution in [0.3, 0.4) is 0 Å². The van der Waals surface area contributed by atoms with Gasteiger partial charge in [0.2, 0.25) is 0 Å². The number of nitrogens with one attached hydrogen (secondary N) is 2. The first kappa shape index (κ1) is 23.1. The molecule has 176 valence electrons. The van der Waals surface area contributed by atoms with E-state index in [9.17, 15) is 9.59 Å². The minimum Gasteiger partial charge on any atom is -0.378 e. The van der Waals surface area contributed by atoms with Gasteiger partial charge >= 0.3 is 0 Å². The van der Waals surface area contributed by atoms with E-state index >= 15 is 0 Å². The van der Waals surface area contributed by atoms with Crippen molar-refractivity contribution in [1.29, 1.82) is 5.41 Å². The number of amides is 2. The van der Waals surface area contributed by atoms with E-state index in [4.69, 9.17) is 17.0 Å². The second kappa shape index (κ2) is 9.94. The lowest BCUT2D eigenvalue weighted by Crippen LogP contribution is -2.36. The molecule has 1 atom stereocenters. The van der Waals surface area contributed by atoms with Crippen LogP contribution < -0.4 is 5.32 Å². The Morgan fingerprint density at radius 2 is 1.94 bits per heavy atom. The highest BCUT2D eigenvalue weighted by molar-refractivity contribution is 8.18. The van der Waals surface area contributed by atoms with Crippen molar-refractivity contribution in [3.63, 3.8) is 0 Å². The average Bonchev–Trinajstić information content (AvgIpc) is 3.54. The summed E-state index contributed by atoms with van der Waals surface area (Å²) in [6.07, 6.45) is 7.38. The van der Waals surface area contributed by atoms with Crippen molar-refractivity contribution in [2.45, 2.75) is 31.7 Å². The van der Waals surface area contributed by atoms with E-state index < -0.39 is 0 Å². The molecule has 2 N–H and O–H groups in total. The molecule has 2 fully saturated rings. The van der Waals surface area contributed by atoms with Crippen LogP contribution in [-0.2, 0) is 11.2 Å². The molecule has 0 saturated carbocycles. The van der Waals surface area contributed by atoms with Gasteiger partial charge in [-0.2, -0.15) is 0 Å². The summed E-state index contributed by atoms with van der Waals surface area (Å²) in [6, 6.07) is 11.9. The molecule has 2 amide bonds. The molecule has 2 aliphatic heterocycles. The van der Waals surface area contributed by atoms with Gasteiger partial charge in [-0.15, -0.1) is 0 Å². The first-order valence-electron chi connectivity index (χ1n) is 11.7. The summed E-state index contributed by atoms with van der Waals surface area (Å²) in [5, 5.41) is 12.0. The van der Waals surface area contributed by atoms with Gasteiger partial charge < -0.3 is 15.6 Å². The lowest BCUT2D eigenvalue weighted by Gasteiger charge is -2.18. The molecular formula is C26H27ClN4O2S. The third kappa shape index (κ3) is 4.78. The second-order valence-electron chi connectivity index (χ2n) is 8.95. The van der Waals surface area contributed by atoms with Gasteiger partial charge in [0, 0.05) is 35.6 Å². The van der Waals surface area contributed by atoms with Crippen molar-refractivity contribution >= 4 is 52.5 Å². The maximum Gasteiger partial charge on any atom is 0.293 e. The van der Waals surface area contributed by atoms with Gasteiger partial charge in [0.05, 0.1) is 10.9 Å². The summed E-state index contributed by atoms with van der Waals surface area (Å²) in [4.78, 5) is 29.4. The zero-order valence-electron chi connectivity index (χ0n) is 18.9. The summed E-state index contributed by atoms with van der Waals surface area (Å²) in [6.45, 7) is 3.25. The predicted octanol–water partition coefficient (Wildman–Crippen LogP) is 5.57. The molecule has 0 aromatic heterocycles. The van der Waals surface area contributed by atoms with Gasteiger partial charge in [-0.05, 0) is 97.6 Å². The Morgan fingerprint density at radius 3 is 2.74 bits per heavy atom. The number of imide groups is 1. The summed E-state index contributed by atoms with van der Waals surface area (Å²) < 4.78 is 0. The maximum atomic E-state index is 12.8. The lowest BCUT2D eigenvalue weighted by atomic mass is 10.1. The van der Waals surface area contributed by atoms with Crippen LogP contribution in [0.4, 0.5) is 10.5 Å². The highest BCUT2D eigenvalue weighted by atomic mass is 35.5. The molecule has 0 spiro atoms. The van der Waals surface area contributed by atoms with Crippen LogP contribution in [0.5, 0.6) is 0 Å². The number of benzene rings is 2. The molecule has 2 heterocycles. The number of halogens is 1. The second-order valence-corrected chi connectivity index (χ2v) is 10.4. The molecule has 2 aromatic rings. The highest BCUT2D eigenvalue weighted by Crippen LogP contribution is 2.37. The summed E-state index contributed by atoms with van der Waals surface area (Å²) in [5.41, 5.74) is 4.92. The van der Waals surface area contributed by atoms with E-state index in [1.54, 1.807) is 6.08 Å². The average molecular weight is 495 g/mol. The Labute approximate surface area is 208 Å².